The Labute approximate surface area is 164 Å². The van der Waals surface area contributed by atoms with Crippen molar-refractivity contribution >= 4 is 33.2 Å². The number of hydrogen-bond acceptors (Lipinski definition) is 4. The largest absolute Gasteiger partial charge is 0.483 e. The molecule has 0 heterocycles. The zero-order valence-corrected chi connectivity index (χ0v) is 17.1. The van der Waals surface area contributed by atoms with Crippen molar-refractivity contribution in [1.29, 1.82) is 0 Å². The zero-order chi connectivity index (χ0) is 20.0. The van der Waals surface area contributed by atoms with Gasteiger partial charge >= 0.3 is 0 Å². The molecule has 8 heteroatoms. The summed E-state index contributed by atoms with van der Waals surface area (Å²) in [6, 6.07) is 9.76. The maximum absolute atomic E-state index is 12.2. The van der Waals surface area contributed by atoms with Crippen LogP contribution in [0.5, 0.6) is 5.75 Å². The second kappa shape index (κ2) is 9.21. The Morgan fingerprint density at radius 2 is 1.85 bits per heavy atom. The van der Waals surface area contributed by atoms with E-state index in [-0.39, 0.29) is 17.4 Å². The summed E-state index contributed by atoms with van der Waals surface area (Å²) in [6.07, 6.45) is 0.709. The smallest absolute Gasteiger partial charge is 0.262 e. The first-order chi connectivity index (χ1) is 12.7. The highest BCUT2D eigenvalue weighted by molar-refractivity contribution is 7.89. The van der Waals surface area contributed by atoms with E-state index in [1.807, 2.05) is 19.9 Å². The molecule has 0 aliphatic heterocycles. The number of carbonyl (C=O) groups is 1. The summed E-state index contributed by atoms with van der Waals surface area (Å²) in [5.41, 5.74) is 2.13. The molecule has 0 spiro atoms. The van der Waals surface area contributed by atoms with Crippen molar-refractivity contribution in [3.05, 3.63) is 52.5 Å². The van der Waals surface area contributed by atoms with E-state index in [0.29, 0.717) is 35.0 Å². The molecule has 2 aromatic rings. The van der Waals surface area contributed by atoms with Gasteiger partial charge in [-0.3, -0.25) is 4.79 Å². The molecule has 146 valence electrons. The van der Waals surface area contributed by atoms with E-state index in [1.54, 1.807) is 25.1 Å². The third-order valence-corrected chi connectivity index (χ3v) is 5.53. The van der Waals surface area contributed by atoms with E-state index >= 15 is 0 Å². The van der Waals surface area contributed by atoms with Gasteiger partial charge in [0.05, 0.1) is 4.90 Å². The third kappa shape index (κ3) is 5.95. The van der Waals surface area contributed by atoms with Crippen LogP contribution in [-0.4, -0.2) is 27.5 Å². The fourth-order valence-corrected chi connectivity index (χ4v) is 3.72. The average Bonchev–Trinajstić information content (AvgIpc) is 2.62. The van der Waals surface area contributed by atoms with Gasteiger partial charge < -0.3 is 10.1 Å². The number of anilines is 1. The molecule has 0 aliphatic rings. The van der Waals surface area contributed by atoms with E-state index in [9.17, 15) is 13.2 Å². The average molecular weight is 411 g/mol. The fourth-order valence-electron chi connectivity index (χ4n) is 2.33. The number of amides is 1. The maximum Gasteiger partial charge on any atom is 0.262 e. The highest BCUT2D eigenvalue weighted by atomic mass is 35.5. The van der Waals surface area contributed by atoms with Crippen molar-refractivity contribution in [1.82, 2.24) is 4.72 Å². The highest BCUT2D eigenvalue weighted by Gasteiger charge is 2.15. The van der Waals surface area contributed by atoms with Crippen LogP contribution in [0.1, 0.15) is 24.5 Å². The van der Waals surface area contributed by atoms with Gasteiger partial charge in [-0.2, -0.15) is 0 Å². The van der Waals surface area contributed by atoms with Gasteiger partial charge in [-0.1, -0.05) is 24.6 Å². The Balaban J connectivity index is 2.01. The van der Waals surface area contributed by atoms with Gasteiger partial charge in [0.1, 0.15) is 5.75 Å². The number of nitrogens with one attached hydrogen (secondary N) is 2. The number of sulfonamides is 1. The van der Waals surface area contributed by atoms with Gasteiger partial charge in [0.15, 0.2) is 6.61 Å². The Morgan fingerprint density at radius 3 is 2.52 bits per heavy atom. The van der Waals surface area contributed by atoms with Gasteiger partial charge in [-0.25, -0.2) is 13.1 Å². The van der Waals surface area contributed by atoms with E-state index in [0.717, 1.165) is 5.56 Å². The normalized spacial score (nSPS) is 11.3. The number of carbonyl (C=O) groups excluding carboxylic acids is 1. The Morgan fingerprint density at radius 1 is 1.11 bits per heavy atom. The maximum atomic E-state index is 12.2. The van der Waals surface area contributed by atoms with Crippen LogP contribution in [0.15, 0.2) is 41.3 Å². The van der Waals surface area contributed by atoms with E-state index in [1.165, 1.54) is 12.1 Å². The molecule has 0 aliphatic carbocycles. The van der Waals surface area contributed by atoms with Crippen LogP contribution in [0.25, 0.3) is 0 Å². The molecule has 2 aromatic carbocycles. The lowest BCUT2D eigenvalue weighted by atomic mass is 10.2. The first-order valence-electron chi connectivity index (χ1n) is 8.52. The summed E-state index contributed by atoms with van der Waals surface area (Å²) in [7, 11) is -3.54. The minimum absolute atomic E-state index is 0.166. The number of ether oxygens (including phenoxy) is 1. The molecule has 0 aromatic heterocycles. The number of aryl methyl sites for hydroxylation is 2. The second-order valence-corrected chi connectivity index (χ2v) is 8.32. The minimum atomic E-state index is -3.54. The van der Waals surface area contributed by atoms with Gasteiger partial charge in [0.25, 0.3) is 5.91 Å². The lowest BCUT2D eigenvalue weighted by Crippen LogP contribution is -2.24. The van der Waals surface area contributed by atoms with Crippen molar-refractivity contribution in [2.24, 2.45) is 0 Å². The van der Waals surface area contributed by atoms with Crippen LogP contribution in [0.4, 0.5) is 5.69 Å². The quantitative estimate of drug-likeness (QED) is 0.695. The number of rotatable bonds is 8. The summed E-state index contributed by atoms with van der Waals surface area (Å²) in [5.74, 6) is 0.114. The molecule has 1 amide bonds. The van der Waals surface area contributed by atoms with Crippen molar-refractivity contribution in [3.63, 3.8) is 0 Å². The van der Waals surface area contributed by atoms with Crippen molar-refractivity contribution in [2.45, 2.75) is 32.1 Å². The van der Waals surface area contributed by atoms with E-state index < -0.39 is 10.0 Å². The molecule has 2 N–H and O–H groups in total. The van der Waals surface area contributed by atoms with Gasteiger partial charge in [-0.05, 0) is 61.7 Å². The summed E-state index contributed by atoms with van der Waals surface area (Å²) >= 11 is 5.94. The SMILES string of the molecule is CCCNS(=O)(=O)c1ccc(OCC(=O)Nc2cc(Cl)ccc2C)c(C)c1. The summed E-state index contributed by atoms with van der Waals surface area (Å²) < 4.78 is 32.4. The minimum Gasteiger partial charge on any atom is -0.483 e. The lowest BCUT2D eigenvalue weighted by Gasteiger charge is -2.12. The highest BCUT2D eigenvalue weighted by Crippen LogP contribution is 2.23. The van der Waals surface area contributed by atoms with Crippen molar-refractivity contribution in [2.75, 3.05) is 18.5 Å². The van der Waals surface area contributed by atoms with Crippen LogP contribution < -0.4 is 14.8 Å². The molecule has 0 fully saturated rings. The Kier molecular flexibility index (Phi) is 7.24. The van der Waals surface area contributed by atoms with Crippen molar-refractivity contribution < 1.29 is 17.9 Å². The molecular formula is C19H23ClN2O4S. The fraction of sp³-hybridized carbons (Fsp3) is 0.316. The standard InChI is InChI=1S/C19H23ClN2O4S/c1-4-9-21-27(24,25)16-7-8-18(14(3)10-16)26-12-19(23)22-17-11-15(20)6-5-13(17)2/h5-8,10-11,21H,4,9,12H2,1-3H3,(H,22,23). The molecule has 0 bridgehead atoms. The van der Waals surface area contributed by atoms with Gasteiger partial charge in [-0.15, -0.1) is 0 Å². The van der Waals surface area contributed by atoms with E-state index in [2.05, 4.69) is 10.0 Å². The molecule has 27 heavy (non-hydrogen) atoms. The number of benzene rings is 2. The van der Waals surface area contributed by atoms with Crippen LogP contribution in [-0.2, 0) is 14.8 Å². The lowest BCUT2D eigenvalue weighted by molar-refractivity contribution is -0.118. The molecule has 2 rings (SSSR count). The van der Waals surface area contributed by atoms with Gasteiger partial charge in [0.2, 0.25) is 10.0 Å². The predicted octanol–water partition coefficient (Wildman–Crippen LogP) is 3.66. The first kappa shape index (κ1) is 21.2. The van der Waals surface area contributed by atoms with Crippen LogP contribution in [0, 0.1) is 13.8 Å². The predicted molar refractivity (Wildman–Crippen MR) is 107 cm³/mol. The topological polar surface area (TPSA) is 84.5 Å². The third-order valence-electron chi connectivity index (χ3n) is 3.83. The van der Waals surface area contributed by atoms with Crippen LogP contribution >= 0.6 is 11.6 Å². The molecule has 0 unspecified atom stereocenters. The Hall–Kier alpha value is -2.09. The zero-order valence-electron chi connectivity index (χ0n) is 15.5. The molecule has 0 radical (unpaired) electrons. The van der Waals surface area contributed by atoms with Gasteiger partial charge in [0, 0.05) is 17.3 Å². The van der Waals surface area contributed by atoms with E-state index in [4.69, 9.17) is 16.3 Å². The molecule has 0 atom stereocenters. The molecule has 6 nitrogen and oxygen atoms in total. The number of halogens is 1. The molecule has 0 saturated carbocycles. The Bertz CT molecular complexity index is 929. The number of hydrogen-bond donors (Lipinski definition) is 2. The first-order valence-corrected chi connectivity index (χ1v) is 10.4. The van der Waals surface area contributed by atoms with Crippen LogP contribution in [0.3, 0.4) is 0 Å². The summed E-state index contributed by atoms with van der Waals surface area (Å²) in [4.78, 5) is 12.3. The second-order valence-electron chi connectivity index (χ2n) is 6.12. The molecular weight excluding hydrogens is 388 g/mol. The summed E-state index contributed by atoms with van der Waals surface area (Å²) in [6.45, 7) is 5.66. The monoisotopic (exact) mass is 410 g/mol. The van der Waals surface area contributed by atoms with Crippen molar-refractivity contribution in [3.8, 4) is 5.75 Å². The molecule has 0 saturated heterocycles. The van der Waals surface area contributed by atoms with Crippen LogP contribution in [0.2, 0.25) is 5.02 Å². The summed E-state index contributed by atoms with van der Waals surface area (Å²) in [5, 5.41) is 3.27.